The van der Waals surface area contributed by atoms with E-state index in [9.17, 15) is 4.79 Å². The summed E-state index contributed by atoms with van der Waals surface area (Å²) in [4.78, 5) is 15.6. The van der Waals surface area contributed by atoms with Crippen molar-refractivity contribution in [3.63, 3.8) is 0 Å². The molecule has 3 aromatic rings. The highest BCUT2D eigenvalue weighted by atomic mass is 16.5. The fourth-order valence-electron chi connectivity index (χ4n) is 4.35. The summed E-state index contributed by atoms with van der Waals surface area (Å²) >= 11 is 0. The molecule has 3 aromatic carbocycles. The van der Waals surface area contributed by atoms with Crippen LogP contribution in [0, 0.1) is 0 Å². The molecule has 0 bridgehead atoms. The van der Waals surface area contributed by atoms with E-state index in [0.717, 1.165) is 22.6 Å². The van der Waals surface area contributed by atoms with Gasteiger partial charge in [-0.1, -0.05) is 31.2 Å². The third kappa shape index (κ3) is 3.72. The first kappa shape index (κ1) is 20.8. The van der Waals surface area contributed by atoms with Crippen molar-refractivity contribution in [2.45, 2.75) is 25.8 Å². The van der Waals surface area contributed by atoms with E-state index >= 15 is 0 Å². The van der Waals surface area contributed by atoms with Crippen LogP contribution in [0.5, 0.6) is 17.2 Å². The van der Waals surface area contributed by atoms with E-state index in [0.29, 0.717) is 23.7 Å². The van der Waals surface area contributed by atoms with Gasteiger partial charge in [0.25, 0.3) is 5.91 Å². The Morgan fingerprint density at radius 2 is 1.68 bits per heavy atom. The van der Waals surface area contributed by atoms with Crippen molar-refractivity contribution in [2.24, 2.45) is 0 Å². The molecule has 0 unspecified atom stereocenters. The lowest BCUT2D eigenvalue weighted by atomic mass is 9.91. The van der Waals surface area contributed by atoms with Crippen molar-refractivity contribution in [1.82, 2.24) is 0 Å². The van der Waals surface area contributed by atoms with Crippen LogP contribution in [0.15, 0.2) is 66.7 Å². The van der Waals surface area contributed by atoms with Crippen molar-refractivity contribution in [1.29, 1.82) is 0 Å². The van der Waals surface area contributed by atoms with Crippen LogP contribution >= 0.6 is 0 Å². The summed E-state index contributed by atoms with van der Waals surface area (Å²) in [5.41, 5.74) is 3.64. The van der Waals surface area contributed by atoms with E-state index in [4.69, 9.17) is 14.2 Å². The number of carbonyl (C=O) groups is 1. The second-order valence-corrected chi connectivity index (χ2v) is 7.54. The summed E-state index contributed by atoms with van der Waals surface area (Å²) in [6.45, 7) is 4.71. The minimum absolute atomic E-state index is 0.0323. The molecule has 1 amide bonds. The number of rotatable bonds is 6. The molecule has 0 aromatic heterocycles. The topological polar surface area (TPSA) is 48.0 Å². The number of fused-ring (bicyclic) bond motifs is 1. The van der Waals surface area contributed by atoms with E-state index in [1.165, 1.54) is 0 Å². The summed E-state index contributed by atoms with van der Waals surface area (Å²) in [6, 6.07) is 21.0. The quantitative estimate of drug-likeness (QED) is 0.523. The molecule has 4 rings (SSSR count). The number of methoxy groups -OCH3 is 2. The smallest absolute Gasteiger partial charge is 0.258 e. The van der Waals surface area contributed by atoms with Gasteiger partial charge < -0.3 is 14.2 Å². The summed E-state index contributed by atoms with van der Waals surface area (Å²) in [6.07, 6.45) is 0. The molecule has 0 radical (unpaired) electrons. The predicted octanol–water partition coefficient (Wildman–Crippen LogP) is 5.61. The average molecular weight is 418 g/mol. The third-order valence-corrected chi connectivity index (χ3v) is 5.80. The van der Waals surface area contributed by atoms with Crippen LogP contribution in [-0.2, 0) is 0 Å². The monoisotopic (exact) mass is 417 g/mol. The van der Waals surface area contributed by atoms with Crippen LogP contribution in [0.25, 0.3) is 0 Å². The Balaban J connectivity index is 1.85. The number of ether oxygens (including phenoxy) is 3. The van der Waals surface area contributed by atoms with Gasteiger partial charge in [-0.25, -0.2) is 0 Å². The van der Waals surface area contributed by atoms with Gasteiger partial charge in [-0.3, -0.25) is 9.69 Å². The van der Waals surface area contributed by atoms with Gasteiger partial charge in [0.15, 0.2) is 11.5 Å². The summed E-state index contributed by atoms with van der Waals surface area (Å²) in [5, 5.41) is 0. The standard InChI is InChI=1S/C26H27NO4/c1-5-31-20-12-13-22-21(16-20)17(2)25(19-11-14-23(29-3)24(15-19)30-4)27(22)26(28)18-9-7-6-8-10-18/h6-17,25H,5H2,1-4H3/t17-,25-/m0/s1. The largest absolute Gasteiger partial charge is 0.494 e. The fraction of sp³-hybridized carbons (Fsp3) is 0.269. The third-order valence-electron chi connectivity index (χ3n) is 5.80. The molecule has 0 fully saturated rings. The predicted molar refractivity (Wildman–Crippen MR) is 122 cm³/mol. The van der Waals surface area contributed by atoms with Crippen molar-refractivity contribution in [3.8, 4) is 17.2 Å². The van der Waals surface area contributed by atoms with Gasteiger partial charge in [0.2, 0.25) is 0 Å². The summed E-state index contributed by atoms with van der Waals surface area (Å²) in [5.74, 6) is 2.16. The zero-order chi connectivity index (χ0) is 22.0. The van der Waals surface area contributed by atoms with Gasteiger partial charge in [-0.05, 0) is 60.5 Å². The first-order valence-electron chi connectivity index (χ1n) is 10.5. The van der Waals surface area contributed by atoms with Gasteiger partial charge in [0.1, 0.15) is 5.75 Å². The van der Waals surface area contributed by atoms with Crippen LogP contribution in [0.4, 0.5) is 5.69 Å². The number of nitrogens with zero attached hydrogens (tertiary/aromatic N) is 1. The number of hydrogen-bond donors (Lipinski definition) is 0. The Kier molecular flexibility index (Phi) is 5.85. The zero-order valence-electron chi connectivity index (χ0n) is 18.3. The Bertz CT molecular complexity index is 1080. The van der Waals surface area contributed by atoms with Crippen LogP contribution in [0.3, 0.4) is 0 Å². The lowest BCUT2D eigenvalue weighted by molar-refractivity contribution is 0.0977. The molecular formula is C26H27NO4. The molecule has 5 nitrogen and oxygen atoms in total. The number of benzene rings is 3. The van der Waals surface area contributed by atoms with E-state index in [1.807, 2.05) is 72.5 Å². The van der Waals surface area contributed by atoms with Crippen LogP contribution < -0.4 is 19.1 Å². The lowest BCUT2D eigenvalue weighted by Gasteiger charge is -2.29. The molecule has 1 aliphatic heterocycles. The van der Waals surface area contributed by atoms with Crippen LogP contribution in [0.1, 0.15) is 47.3 Å². The highest BCUT2D eigenvalue weighted by Gasteiger charge is 2.41. The van der Waals surface area contributed by atoms with E-state index in [2.05, 4.69) is 13.0 Å². The molecule has 0 saturated heterocycles. The van der Waals surface area contributed by atoms with Gasteiger partial charge in [-0.15, -0.1) is 0 Å². The molecule has 1 aliphatic rings. The summed E-state index contributed by atoms with van der Waals surface area (Å²) < 4.78 is 16.7. The molecule has 2 atom stereocenters. The average Bonchev–Trinajstić information content (AvgIpc) is 3.10. The molecule has 5 heteroatoms. The fourth-order valence-corrected chi connectivity index (χ4v) is 4.35. The highest BCUT2D eigenvalue weighted by molar-refractivity contribution is 6.08. The minimum Gasteiger partial charge on any atom is -0.494 e. The van der Waals surface area contributed by atoms with E-state index in [1.54, 1.807) is 14.2 Å². The van der Waals surface area contributed by atoms with Crippen LogP contribution in [0.2, 0.25) is 0 Å². The van der Waals surface area contributed by atoms with Crippen molar-refractivity contribution >= 4 is 11.6 Å². The number of carbonyl (C=O) groups excluding carboxylic acids is 1. The van der Waals surface area contributed by atoms with Crippen molar-refractivity contribution in [3.05, 3.63) is 83.4 Å². The Morgan fingerprint density at radius 1 is 0.935 bits per heavy atom. The maximum Gasteiger partial charge on any atom is 0.258 e. The second kappa shape index (κ2) is 8.72. The highest BCUT2D eigenvalue weighted by Crippen LogP contribution is 2.51. The summed E-state index contributed by atoms with van der Waals surface area (Å²) in [7, 11) is 3.24. The van der Waals surface area contributed by atoms with Gasteiger partial charge in [-0.2, -0.15) is 0 Å². The normalized spacial score (nSPS) is 17.2. The zero-order valence-corrected chi connectivity index (χ0v) is 18.3. The number of hydrogen-bond acceptors (Lipinski definition) is 4. The minimum atomic E-state index is -0.181. The first-order chi connectivity index (χ1) is 15.1. The Morgan fingerprint density at radius 3 is 2.35 bits per heavy atom. The van der Waals surface area contributed by atoms with Gasteiger partial charge >= 0.3 is 0 Å². The van der Waals surface area contributed by atoms with Crippen LogP contribution in [-0.4, -0.2) is 26.7 Å². The molecule has 0 saturated carbocycles. The first-order valence-corrected chi connectivity index (χ1v) is 10.5. The number of amides is 1. The SMILES string of the molecule is CCOc1ccc2c(c1)[C@H](C)[C@@H](c1ccc(OC)c(OC)c1)N2C(=O)c1ccccc1. The van der Waals surface area contributed by atoms with Gasteiger partial charge in [0.05, 0.1) is 26.9 Å². The molecule has 1 heterocycles. The maximum atomic E-state index is 13.7. The van der Waals surface area contributed by atoms with Gasteiger partial charge in [0, 0.05) is 17.2 Å². The number of anilines is 1. The second-order valence-electron chi connectivity index (χ2n) is 7.54. The Hall–Kier alpha value is -3.47. The molecular weight excluding hydrogens is 390 g/mol. The van der Waals surface area contributed by atoms with Crippen molar-refractivity contribution < 1.29 is 19.0 Å². The Labute approximate surface area is 183 Å². The van der Waals surface area contributed by atoms with E-state index < -0.39 is 0 Å². The van der Waals surface area contributed by atoms with E-state index in [-0.39, 0.29) is 17.9 Å². The molecule has 0 N–H and O–H groups in total. The maximum absolute atomic E-state index is 13.7. The molecule has 0 aliphatic carbocycles. The van der Waals surface area contributed by atoms with Crippen molar-refractivity contribution in [2.75, 3.05) is 25.7 Å². The lowest BCUT2D eigenvalue weighted by Crippen LogP contribution is -2.33. The molecule has 31 heavy (non-hydrogen) atoms. The molecule has 0 spiro atoms. The molecule has 160 valence electrons.